The van der Waals surface area contributed by atoms with Gasteiger partial charge in [-0.25, -0.2) is 8.78 Å². The van der Waals surface area contributed by atoms with E-state index in [0.717, 1.165) is 11.1 Å². The largest absolute Gasteiger partial charge is 0.354 e. The molecule has 1 amide bonds. The fraction of sp³-hybridized carbons (Fsp3) is 0.391. The van der Waals surface area contributed by atoms with E-state index in [2.05, 4.69) is 20.6 Å². The zero-order chi connectivity index (χ0) is 22.9. The molecule has 10 heteroatoms. The average molecular weight is 460 g/mol. The fourth-order valence-electron chi connectivity index (χ4n) is 4.01. The van der Waals surface area contributed by atoms with Crippen LogP contribution in [0.15, 0.2) is 36.7 Å². The topological polar surface area (TPSA) is 111 Å². The summed E-state index contributed by atoms with van der Waals surface area (Å²) in [5.74, 6) is -2.73. The van der Waals surface area contributed by atoms with E-state index in [9.17, 15) is 13.6 Å². The molecule has 0 unspecified atom stereocenters. The van der Waals surface area contributed by atoms with E-state index in [1.807, 2.05) is 31.2 Å². The summed E-state index contributed by atoms with van der Waals surface area (Å²) >= 11 is 0. The zero-order valence-electron chi connectivity index (χ0n) is 19.1. The minimum Gasteiger partial charge on any atom is -0.354 e. The lowest BCUT2D eigenvalue weighted by Gasteiger charge is -2.25. The van der Waals surface area contributed by atoms with Crippen molar-refractivity contribution in [2.75, 3.05) is 23.3 Å². The summed E-state index contributed by atoms with van der Waals surface area (Å²) in [6.07, 6.45) is 3.32. The Balaban J connectivity index is 0.00000204. The summed E-state index contributed by atoms with van der Waals surface area (Å²) in [5.41, 5.74) is 3.91. The van der Waals surface area contributed by atoms with Crippen molar-refractivity contribution in [1.29, 1.82) is 0 Å². The molecule has 0 radical (unpaired) electrons. The van der Waals surface area contributed by atoms with Crippen LogP contribution in [0.2, 0.25) is 0 Å². The number of aromatic nitrogens is 4. The smallest absolute Gasteiger partial charge is 0.259 e. The van der Waals surface area contributed by atoms with Crippen molar-refractivity contribution < 1.29 is 15.0 Å². The lowest BCUT2D eigenvalue weighted by Crippen LogP contribution is -2.30. The second kappa shape index (κ2) is 9.62. The van der Waals surface area contributed by atoms with Crippen LogP contribution < -0.4 is 16.4 Å². The first kappa shape index (κ1) is 24.2. The van der Waals surface area contributed by atoms with Crippen LogP contribution in [0.1, 0.15) is 42.2 Å². The predicted octanol–water partition coefficient (Wildman–Crippen LogP) is 4.78. The first-order chi connectivity index (χ1) is 15.2. The Kier molecular flexibility index (Phi) is 7.06. The minimum atomic E-state index is -2.71. The van der Waals surface area contributed by atoms with E-state index < -0.39 is 5.92 Å². The zero-order valence-corrected chi connectivity index (χ0v) is 19.1. The first-order valence-electron chi connectivity index (χ1n) is 10.6. The monoisotopic (exact) mass is 459 g/mol. The number of anilines is 2. The molecule has 1 fully saturated rings. The average Bonchev–Trinajstić information content (AvgIpc) is 3.07. The SMILES string of the molecule is Cc1cccc(NC(=O)c2c(N3CCCC(F)(F)CC3)nnc(-c3cnn(C)c3)c2C)c1.N.[HH]. The van der Waals surface area contributed by atoms with Gasteiger partial charge in [0, 0.05) is 51.9 Å². The Morgan fingerprint density at radius 1 is 1.18 bits per heavy atom. The van der Waals surface area contributed by atoms with Crippen LogP contribution >= 0.6 is 0 Å². The maximum atomic E-state index is 14.0. The molecule has 178 valence electrons. The van der Waals surface area contributed by atoms with Crippen molar-refractivity contribution in [3.8, 4) is 11.3 Å². The number of benzene rings is 1. The Labute approximate surface area is 193 Å². The third-order valence-corrected chi connectivity index (χ3v) is 5.70. The fourth-order valence-corrected chi connectivity index (χ4v) is 4.01. The van der Waals surface area contributed by atoms with Gasteiger partial charge >= 0.3 is 0 Å². The lowest BCUT2D eigenvalue weighted by atomic mass is 10.0. The molecule has 33 heavy (non-hydrogen) atoms. The number of carbonyl (C=O) groups is 1. The molecule has 0 aliphatic carbocycles. The number of carbonyl (C=O) groups excluding carboxylic acids is 1. The van der Waals surface area contributed by atoms with Crippen LogP contribution in [0.5, 0.6) is 0 Å². The van der Waals surface area contributed by atoms with E-state index in [4.69, 9.17) is 0 Å². The predicted molar refractivity (Wildman–Crippen MR) is 126 cm³/mol. The normalized spacial score (nSPS) is 15.5. The molecule has 0 spiro atoms. The summed E-state index contributed by atoms with van der Waals surface area (Å²) in [5, 5.41) is 15.8. The highest BCUT2D eigenvalue weighted by atomic mass is 19.3. The lowest BCUT2D eigenvalue weighted by molar-refractivity contribution is -0.0102. The Morgan fingerprint density at radius 2 is 1.97 bits per heavy atom. The van der Waals surface area contributed by atoms with Crippen LogP contribution in [0.3, 0.4) is 0 Å². The Bertz CT molecular complexity index is 1150. The van der Waals surface area contributed by atoms with Crippen LogP contribution in [0.4, 0.5) is 20.3 Å². The van der Waals surface area contributed by atoms with Gasteiger partial charge in [0.05, 0.1) is 17.5 Å². The van der Waals surface area contributed by atoms with E-state index >= 15 is 0 Å². The number of halogens is 2. The number of hydrogen-bond acceptors (Lipinski definition) is 6. The van der Waals surface area contributed by atoms with Gasteiger partial charge in [-0.05, 0) is 43.5 Å². The van der Waals surface area contributed by atoms with Gasteiger partial charge < -0.3 is 16.4 Å². The van der Waals surface area contributed by atoms with Crippen molar-refractivity contribution in [1.82, 2.24) is 26.1 Å². The van der Waals surface area contributed by atoms with Crippen molar-refractivity contribution in [2.45, 2.75) is 39.0 Å². The van der Waals surface area contributed by atoms with Gasteiger partial charge in [0.1, 0.15) is 0 Å². The molecule has 0 saturated carbocycles. The number of nitrogens with one attached hydrogen (secondary N) is 1. The number of alkyl halides is 2. The molecule has 1 saturated heterocycles. The highest BCUT2D eigenvalue weighted by Gasteiger charge is 2.34. The third kappa shape index (κ3) is 5.33. The maximum Gasteiger partial charge on any atom is 0.259 e. The van der Waals surface area contributed by atoms with Crippen molar-refractivity contribution in [2.24, 2.45) is 7.05 Å². The molecule has 2 aromatic heterocycles. The van der Waals surface area contributed by atoms with E-state index in [1.54, 1.807) is 35.9 Å². The molecule has 1 aliphatic heterocycles. The second-order valence-electron chi connectivity index (χ2n) is 8.30. The van der Waals surface area contributed by atoms with Gasteiger partial charge in [0.25, 0.3) is 5.91 Å². The number of hydrogen-bond donors (Lipinski definition) is 2. The number of rotatable bonds is 4. The quantitative estimate of drug-likeness (QED) is 0.581. The second-order valence-corrected chi connectivity index (χ2v) is 8.30. The third-order valence-electron chi connectivity index (χ3n) is 5.70. The van der Waals surface area contributed by atoms with Crippen LogP contribution in [-0.4, -0.2) is 44.9 Å². The number of nitrogens with zero attached hydrogens (tertiary/aromatic N) is 5. The van der Waals surface area contributed by atoms with Crippen molar-refractivity contribution in [3.63, 3.8) is 0 Å². The minimum absolute atomic E-state index is 0. The van der Waals surface area contributed by atoms with Gasteiger partial charge in [0.2, 0.25) is 5.92 Å². The highest BCUT2D eigenvalue weighted by Crippen LogP contribution is 2.33. The van der Waals surface area contributed by atoms with Crippen LogP contribution in [0.25, 0.3) is 11.3 Å². The molecule has 3 heterocycles. The van der Waals surface area contributed by atoms with Crippen LogP contribution in [0, 0.1) is 13.8 Å². The van der Waals surface area contributed by atoms with Gasteiger partial charge in [-0.3, -0.25) is 9.48 Å². The Morgan fingerprint density at radius 3 is 2.67 bits per heavy atom. The maximum absolute atomic E-state index is 14.0. The molecule has 4 N–H and O–H groups in total. The van der Waals surface area contributed by atoms with Crippen LogP contribution in [-0.2, 0) is 7.05 Å². The molecule has 1 aromatic carbocycles. The summed E-state index contributed by atoms with van der Waals surface area (Å²) in [6, 6.07) is 7.48. The molecular formula is C23H31F2N7O. The van der Waals surface area contributed by atoms with E-state index in [1.165, 1.54) is 0 Å². The summed E-state index contributed by atoms with van der Waals surface area (Å²) < 4.78 is 29.6. The molecule has 0 atom stereocenters. The molecular weight excluding hydrogens is 428 g/mol. The van der Waals surface area contributed by atoms with Crippen molar-refractivity contribution in [3.05, 3.63) is 53.3 Å². The van der Waals surface area contributed by atoms with Gasteiger partial charge in [0.15, 0.2) is 5.82 Å². The standard InChI is InChI=1S/C23H26F2N6O.H3N.H2/c1-15-6-4-7-18(12-15)27-22(32)19-16(2)20(17-13-26-30(3)14-17)28-29-21(19)31-10-5-8-23(24,25)9-11-31;;/h4,6-7,12-14H,5,8-11H2,1-3H3,(H,27,32);1H3;1H. The van der Waals surface area contributed by atoms with E-state index in [0.29, 0.717) is 41.3 Å². The van der Waals surface area contributed by atoms with Crippen molar-refractivity contribution >= 4 is 17.4 Å². The summed E-state index contributed by atoms with van der Waals surface area (Å²) in [4.78, 5) is 15.2. The van der Waals surface area contributed by atoms with E-state index in [-0.39, 0.29) is 32.9 Å². The molecule has 3 aromatic rings. The van der Waals surface area contributed by atoms with Gasteiger partial charge in [-0.1, -0.05) is 12.1 Å². The summed E-state index contributed by atoms with van der Waals surface area (Å²) in [6.45, 7) is 4.25. The van der Waals surface area contributed by atoms with Gasteiger partial charge in [-0.15, -0.1) is 10.2 Å². The highest BCUT2D eigenvalue weighted by molar-refractivity contribution is 6.09. The molecule has 8 nitrogen and oxygen atoms in total. The van der Waals surface area contributed by atoms with Gasteiger partial charge in [-0.2, -0.15) is 5.10 Å². The number of amides is 1. The molecule has 1 aliphatic rings. The summed E-state index contributed by atoms with van der Waals surface area (Å²) in [7, 11) is 1.80. The Hall–Kier alpha value is -3.40. The molecule has 0 bridgehead atoms. The number of aryl methyl sites for hydroxylation is 2. The first-order valence-corrected chi connectivity index (χ1v) is 10.6. The molecule has 4 rings (SSSR count).